The molecule has 1 unspecified atom stereocenters. The molecular weight excluding hydrogens is 488 g/mol. The van der Waals surface area contributed by atoms with Crippen LogP contribution in [0.2, 0.25) is 5.22 Å². The highest BCUT2D eigenvalue weighted by atomic mass is 35.5. The van der Waals surface area contributed by atoms with Crippen LogP contribution < -0.4 is 11.2 Å². The summed E-state index contributed by atoms with van der Waals surface area (Å²) in [5.41, 5.74) is 1.22. The van der Waals surface area contributed by atoms with E-state index in [1.807, 2.05) is 4.57 Å². The minimum atomic E-state index is -0.520. The highest BCUT2D eigenvalue weighted by molar-refractivity contribution is 7.99. The molecule has 5 rings (SSSR count). The van der Waals surface area contributed by atoms with Gasteiger partial charge in [-0.3, -0.25) is 13.9 Å². The van der Waals surface area contributed by atoms with Crippen LogP contribution in [0.4, 0.5) is 0 Å². The van der Waals surface area contributed by atoms with Crippen LogP contribution in [0.15, 0.2) is 31.5 Å². The van der Waals surface area contributed by atoms with Crippen LogP contribution in [0.3, 0.4) is 0 Å². The number of thiazole rings is 1. The van der Waals surface area contributed by atoms with Crippen molar-refractivity contribution < 1.29 is 13.9 Å². The van der Waals surface area contributed by atoms with Crippen molar-refractivity contribution in [2.24, 2.45) is 14.1 Å². The number of aromatic nitrogens is 4. The van der Waals surface area contributed by atoms with E-state index in [4.69, 9.17) is 20.8 Å². The maximum absolute atomic E-state index is 13.4. The van der Waals surface area contributed by atoms with E-state index in [0.29, 0.717) is 33.9 Å². The third-order valence-electron chi connectivity index (χ3n) is 5.60. The van der Waals surface area contributed by atoms with E-state index in [0.717, 1.165) is 16.0 Å². The molecule has 4 aromatic rings. The summed E-state index contributed by atoms with van der Waals surface area (Å²) < 4.78 is 15.4. The number of hydrogen-bond acceptors (Lipinski definition) is 8. The average Bonchev–Trinajstić information content (AvgIpc) is 3.53. The fourth-order valence-electron chi connectivity index (χ4n) is 4.17. The molecule has 172 valence electrons. The number of thioether (sulfide) groups is 1. The quantitative estimate of drug-likeness (QED) is 0.391. The third-order valence-corrected chi connectivity index (χ3v) is 7.86. The van der Waals surface area contributed by atoms with E-state index in [9.17, 15) is 14.4 Å². The second-order valence-corrected chi connectivity index (χ2v) is 9.91. The first-order valence-corrected chi connectivity index (χ1v) is 12.5. The molecule has 0 saturated carbocycles. The summed E-state index contributed by atoms with van der Waals surface area (Å²) in [6, 6.07) is 3.47. The van der Waals surface area contributed by atoms with Gasteiger partial charge in [-0.05, 0) is 30.7 Å². The number of fused-ring (bicyclic) bond motifs is 3. The van der Waals surface area contributed by atoms with Crippen LogP contribution in [-0.4, -0.2) is 37.0 Å². The van der Waals surface area contributed by atoms with Gasteiger partial charge in [0.15, 0.2) is 10.9 Å². The Kier molecular flexibility index (Phi) is 5.50. The fourth-order valence-corrected chi connectivity index (χ4v) is 6.38. The van der Waals surface area contributed by atoms with Gasteiger partial charge in [-0.15, -0.1) is 23.1 Å². The normalized spacial score (nSPS) is 15.7. The maximum Gasteiger partial charge on any atom is 0.357 e. The smallest absolute Gasteiger partial charge is 0.357 e. The van der Waals surface area contributed by atoms with Crippen molar-refractivity contribution in [3.05, 3.63) is 60.7 Å². The van der Waals surface area contributed by atoms with Gasteiger partial charge in [0.1, 0.15) is 16.0 Å². The van der Waals surface area contributed by atoms with Gasteiger partial charge in [0.25, 0.3) is 5.56 Å². The summed E-state index contributed by atoms with van der Waals surface area (Å²) in [4.78, 5) is 42.9. The van der Waals surface area contributed by atoms with Crippen molar-refractivity contribution in [3.8, 4) is 10.7 Å². The highest BCUT2D eigenvalue weighted by Gasteiger charge is 2.35. The van der Waals surface area contributed by atoms with Crippen molar-refractivity contribution in [1.29, 1.82) is 0 Å². The molecule has 0 fully saturated rings. The van der Waals surface area contributed by atoms with Gasteiger partial charge >= 0.3 is 11.7 Å². The summed E-state index contributed by atoms with van der Waals surface area (Å²) in [6.45, 7) is 2.56. The Morgan fingerprint density at radius 1 is 1.30 bits per heavy atom. The average molecular weight is 507 g/mol. The van der Waals surface area contributed by atoms with Crippen molar-refractivity contribution >= 4 is 51.6 Å². The van der Waals surface area contributed by atoms with E-state index in [-0.39, 0.29) is 22.8 Å². The molecule has 12 heteroatoms. The van der Waals surface area contributed by atoms with E-state index >= 15 is 0 Å². The van der Waals surface area contributed by atoms with Crippen molar-refractivity contribution in [2.75, 3.05) is 12.4 Å². The number of aryl methyl sites for hydroxylation is 1. The van der Waals surface area contributed by atoms with Crippen LogP contribution >= 0.6 is 34.7 Å². The van der Waals surface area contributed by atoms with Crippen LogP contribution in [0.5, 0.6) is 0 Å². The molecule has 33 heavy (non-hydrogen) atoms. The molecule has 1 aliphatic rings. The molecule has 0 aliphatic carbocycles. The molecule has 0 bridgehead atoms. The van der Waals surface area contributed by atoms with Gasteiger partial charge in [0.05, 0.1) is 28.9 Å². The number of ether oxygens (including phenoxy) is 1. The number of carbonyl (C=O) groups is 1. The van der Waals surface area contributed by atoms with E-state index < -0.39 is 17.2 Å². The summed E-state index contributed by atoms with van der Waals surface area (Å²) in [6.07, 6.45) is 0. The topological polar surface area (TPSA) is 101 Å². The highest BCUT2D eigenvalue weighted by Crippen LogP contribution is 2.47. The zero-order valence-corrected chi connectivity index (χ0v) is 20.3. The SMILES string of the molecule is CCOC(=O)c1csc(-c2c3c(=O)n(C)c(=O)n(C)c3c3n2CCSC3c2ccc(Cl)o2)n1. The van der Waals surface area contributed by atoms with Gasteiger partial charge in [0.2, 0.25) is 0 Å². The Bertz CT molecular complexity index is 1530. The number of nitrogens with zero attached hydrogens (tertiary/aromatic N) is 4. The molecule has 0 aromatic carbocycles. The molecule has 1 aliphatic heterocycles. The fraction of sp³-hybridized carbons (Fsp3) is 0.333. The summed E-state index contributed by atoms with van der Waals surface area (Å²) in [7, 11) is 3.10. The second-order valence-electron chi connectivity index (χ2n) is 7.47. The third kappa shape index (κ3) is 3.37. The van der Waals surface area contributed by atoms with Crippen molar-refractivity contribution in [3.63, 3.8) is 0 Å². The summed E-state index contributed by atoms with van der Waals surface area (Å²) >= 11 is 8.95. The van der Waals surface area contributed by atoms with Gasteiger partial charge in [0, 0.05) is 31.8 Å². The zero-order valence-electron chi connectivity index (χ0n) is 18.0. The molecule has 0 amide bonds. The molecule has 5 heterocycles. The predicted octanol–water partition coefficient (Wildman–Crippen LogP) is 3.42. The molecule has 9 nitrogen and oxygen atoms in total. The number of carbonyl (C=O) groups excluding carboxylic acids is 1. The molecule has 1 atom stereocenters. The molecule has 0 saturated heterocycles. The number of halogens is 1. The molecule has 0 spiro atoms. The van der Waals surface area contributed by atoms with Crippen LogP contribution in [-0.2, 0) is 25.4 Å². The lowest BCUT2D eigenvalue weighted by molar-refractivity contribution is 0.0520. The molecular formula is C21H19ClN4O5S2. The maximum atomic E-state index is 13.4. The van der Waals surface area contributed by atoms with Gasteiger partial charge < -0.3 is 13.7 Å². The molecule has 0 radical (unpaired) electrons. The molecule has 4 aromatic heterocycles. The van der Waals surface area contributed by atoms with Crippen molar-refractivity contribution in [1.82, 2.24) is 18.7 Å². The first kappa shape index (κ1) is 22.1. The number of hydrogen-bond donors (Lipinski definition) is 0. The van der Waals surface area contributed by atoms with E-state index in [1.54, 1.807) is 43.2 Å². The summed E-state index contributed by atoms with van der Waals surface area (Å²) in [5, 5.41) is 2.50. The van der Waals surface area contributed by atoms with E-state index in [1.165, 1.54) is 23.0 Å². The lowest BCUT2D eigenvalue weighted by atomic mass is 10.2. The minimum Gasteiger partial charge on any atom is -0.461 e. The Balaban J connectivity index is 1.85. The predicted molar refractivity (Wildman–Crippen MR) is 128 cm³/mol. The van der Waals surface area contributed by atoms with Crippen LogP contribution in [0, 0.1) is 0 Å². The lowest BCUT2D eigenvalue weighted by Crippen LogP contribution is -2.37. The Hall–Kier alpha value is -2.76. The Labute approximate surface area is 200 Å². The zero-order chi connectivity index (χ0) is 23.4. The summed E-state index contributed by atoms with van der Waals surface area (Å²) in [5.74, 6) is 0.860. The standard InChI is InChI=1S/C21H19ClN4O5S2/c1-4-30-20(28)10-9-33-18(23-10)15-13-14(24(2)21(29)25(3)19(13)27)16-17(32-8-7-26(15)16)11-5-6-12(22)31-11/h5-6,9,17H,4,7-8H2,1-3H3. The van der Waals surface area contributed by atoms with Gasteiger partial charge in [-0.2, -0.15) is 0 Å². The van der Waals surface area contributed by atoms with Gasteiger partial charge in [-0.1, -0.05) is 0 Å². The van der Waals surface area contributed by atoms with Crippen LogP contribution in [0.25, 0.3) is 21.6 Å². The Morgan fingerprint density at radius 3 is 2.79 bits per heavy atom. The van der Waals surface area contributed by atoms with E-state index in [2.05, 4.69) is 4.98 Å². The monoisotopic (exact) mass is 506 g/mol. The largest absolute Gasteiger partial charge is 0.461 e. The first-order valence-electron chi connectivity index (χ1n) is 10.1. The van der Waals surface area contributed by atoms with Crippen LogP contribution in [0.1, 0.15) is 34.1 Å². The first-order chi connectivity index (χ1) is 15.8. The molecule has 0 N–H and O–H groups in total. The number of esters is 1. The second kappa shape index (κ2) is 8.23. The Morgan fingerprint density at radius 2 is 2.09 bits per heavy atom. The minimum absolute atomic E-state index is 0.182. The number of furan rings is 1. The number of rotatable bonds is 4. The van der Waals surface area contributed by atoms with Crippen molar-refractivity contribution in [2.45, 2.75) is 18.7 Å². The van der Waals surface area contributed by atoms with Gasteiger partial charge in [-0.25, -0.2) is 14.6 Å². The lowest BCUT2D eigenvalue weighted by Gasteiger charge is -2.24.